The highest BCUT2D eigenvalue weighted by atomic mass is 16.5. The van der Waals surface area contributed by atoms with E-state index in [0.29, 0.717) is 0 Å². The van der Waals surface area contributed by atoms with E-state index in [2.05, 4.69) is 25.1 Å². The number of hydroxylamine groups is 1. The first-order chi connectivity index (χ1) is 12.3. The molecule has 0 amide bonds. The summed E-state index contributed by atoms with van der Waals surface area (Å²) in [5.41, 5.74) is 6.37. The van der Waals surface area contributed by atoms with Crippen LogP contribution in [0.1, 0.15) is 42.0 Å². The fourth-order valence-corrected chi connectivity index (χ4v) is 2.93. The summed E-state index contributed by atoms with van der Waals surface area (Å²) in [6, 6.07) is 18.3. The summed E-state index contributed by atoms with van der Waals surface area (Å²) in [5.74, 6) is 0. The second-order valence-corrected chi connectivity index (χ2v) is 5.84. The molecule has 2 rings (SSSR count). The van der Waals surface area contributed by atoms with Gasteiger partial charge in [-0.25, -0.2) is 5.21 Å². The number of unbranched alkanes of at least 4 members (excludes halogenated alkanes) is 1. The molecule has 0 saturated carbocycles. The molecule has 0 aliphatic carbocycles. The lowest BCUT2D eigenvalue weighted by Gasteiger charge is -2.09. The monoisotopic (exact) mass is 333 g/mol. The van der Waals surface area contributed by atoms with Crippen LogP contribution in [0, 0.1) is 11.3 Å². The molecule has 128 valence electrons. The quantitative estimate of drug-likeness (QED) is 0.436. The highest BCUT2D eigenvalue weighted by Gasteiger charge is 2.06. The van der Waals surface area contributed by atoms with Gasteiger partial charge in [-0.15, -0.1) is 0 Å². The van der Waals surface area contributed by atoms with Crippen LogP contribution in [-0.2, 0) is 12.8 Å². The van der Waals surface area contributed by atoms with Gasteiger partial charge in [0, 0.05) is 5.57 Å². The van der Waals surface area contributed by atoms with Crippen molar-refractivity contribution >= 4 is 5.57 Å². The minimum absolute atomic E-state index is 0.795. The predicted octanol–water partition coefficient (Wildman–Crippen LogP) is 3.99. The fraction of sp³-hybridized carbons (Fsp3) is 0.227. The van der Waals surface area contributed by atoms with E-state index < -0.39 is 0 Å². The largest absolute Gasteiger partial charge is 0.216 e. The second kappa shape index (κ2) is 10.2. The third-order valence-corrected chi connectivity index (χ3v) is 4.23. The van der Waals surface area contributed by atoms with Crippen LogP contribution < -0.4 is 5.48 Å². The van der Waals surface area contributed by atoms with Crippen molar-refractivity contribution in [3.8, 4) is 6.07 Å². The average Bonchev–Trinajstić information content (AvgIpc) is 2.67. The van der Waals surface area contributed by atoms with Crippen molar-refractivity contribution in [3.63, 3.8) is 0 Å². The predicted molar refractivity (Wildman–Crippen MR) is 101 cm³/mol. The van der Waals surface area contributed by atoms with Crippen LogP contribution in [0.25, 0.3) is 5.57 Å². The molecule has 0 radical (unpaired) electrons. The number of allylic oxidation sites excluding steroid dienone is 3. The smallest absolute Gasteiger partial charge is 0.133 e. The molecule has 0 atom stereocenters. The Labute approximate surface area is 149 Å². The van der Waals surface area contributed by atoms with E-state index >= 15 is 0 Å². The highest BCUT2D eigenvalue weighted by Crippen LogP contribution is 2.19. The molecule has 0 aromatic heterocycles. The molecule has 2 aromatic carbocycles. The van der Waals surface area contributed by atoms with Crippen molar-refractivity contribution in [1.82, 2.24) is 0 Å². The molecule has 3 nitrogen and oxygen atoms in total. The summed E-state index contributed by atoms with van der Waals surface area (Å²) in [6.07, 6.45) is 9.65. The molecule has 2 aromatic rings. The average molecular weight is 333 g/mol. The van der Waals surface area contributed by atoms with Crippen LogP contribution in [0.4, 0.5) is 0 Å². The number of quaternary nitrogens is 1. The molecule has 0 bridgehead atoms. The van der Waals surface area contributed by atoms with Gasteiger partial charge in [-0.05, 0) is 48.4 Å². The van der Waals surface area contributed by atoms with Crippen LogP contribution in [0.3, 0.4) is 0 Å². The van der Waals surface area contributed by atoms with Gasteiger partial charge in [-0.2, -0.15) is 10.7 Å². The molecule has 25 heavy (non-hydrogen) atoms. The maximum atomic E-state index is 9.30. The van der Waals surface area contributed by atoms with E-state index in [1.165, 1.54) is 11.1 Å². The van der Waals surface area contributed by atoms with Gasteiger partial charge in [0.25, 0.3) is 0 Å². The summed E-state index contributed by atoms with van der Waals surface area (Å²) in [5, 5.41) is 18.4. The van der Waals surface area contributed by atoms with Gasteiger partial charge in [0.1, 0.15) is 6.20 Å². The Kier molecular flexibility index (Phi) is 7.65. The maximum absolute atomic E-state index is 9.30. The number of hydrogen-bond donors (Lipinski definition) is 2. The molecule has 0 saturated heterocycles. The Hall–Kier alpha value is -2.67. The van der Waals surface area contributed by atoms with Crippen LogP contribution in [-0.4, -0.2) is 5.21 Å². The molecule has 0 aliphatic rings. The normalized spacial score (nSPS) is 11.6. The van der Waals surface area contributed by atoms with Gasteiger partial charge in [0.05, 0.1) is 11.6 Å². The van der Waals surface area contributed by atoms with Crippen molar-refractivity contribution in [2.24, 2.45) is 0 Å². The zero-order valence-electron chi connectivity index (χ0n) is 14.7. The molecule has 0 fully saturated rings. The summed E-state index contributed by atoms with van der Waals surface area (Å²) >= 11 is 0. The van der Waals surface area contributed by atoms with Gasteiger partial charge < -0.3 is 0 Å². The first-order valence-electron chi connectivity index (χ1n) is 8.70. The second-order valence-electron chi connectivity index (χ2n) is 5.84. The summed E-state index contributed by atoms with van der Waals surface area (Å²) in [7, 11) is 0. The van der Waals surface area contributed by atoms with E-state index in [1.54, 1.807) is 6.20 Å². The molecule has 0 heterocycles. The lowest BCUT2D eigenvalue weighted by atomic mass is 9.95. The Morgan fingerprint density at radius 1 is 1.16 bits per heavy atom. The highest BCUT2D eigenvalue weighted by molar-refractivity contribution is 5.72. The molecule has 0 aliphatic heterocycles. The first kappa shape index (κ1) is 18.7. The number of rotatable bonds is 8. The maximum Gasteiger partial charge on any atom is 0.133 e. The number of nitriles is 1. The SMILES string of the molecule is CCc1cccc(C#N)c1CCC/C=C\C(=C/[NH2+]O)c1ccccc1. The topological polar surface area (TPSA) is 60.6 Å². The zero-order valence-corrected chi connectivity index (χ0v) is 14.7. The standard InChI is InChI=1S/C22H24N2O/c1-2-18-13-9-14-20(16-23)22(18)15-8-4-7-12-21(17-24-25)19-10-5-3-6-11-19/h3,5-7,9-14,17,24-25H,2,4,8,15H2,1H3/p+1/b12-7-,21-17+. The number of aryl methyl sites for hydroxylation is 1. The van der Waals surface area contributed by atoms with Gasteiger partial charge in [-0.1, -0.05) is 61.5 Å². The summed E-state index contributed by atoms with van der Waals surface area (Å²) in [6.45, 7) is 2.13. The molecular formula is C22H25N2O+. The van der Waals surface area contributed by atoms with E-state index in [9.17, 15) is 5.26 Å². The Morgan fingerprint density at radius 2 is 1.96 bits per heavy atom. The van der Waals surface area contributed by atoms with E-state index in [0.717, 1.165) is 47.9 Å². The minimum atomic E-state index is 0.795. The molecule has 0 spiro atoms. The third-order valence-electron chi connectivity index (χ3n) is 4.23. The van der Waals surface area contributed by atoms with Gasteiger partial charge in [0.15, 0.2) is 0 Å². The van der Waals surface area contributed by atoms with E-state index in [1.807, 2.05) is 48.5 Å². The molecular weight excluding hydrogens is 308 g/mol. The Bertz CT molecular complexity index is 770. The zero-order chi connectivity index (χ0) is 17.9. The van der Waals surface area contributed by atoms with Crippen LogP contribution in [0.15, 0.2) is 66.9 Å². The van der Waals surface area contributed by atoms with Gasteiger partial charge >= 0.3 is 0 Å². The number of hydrogen-bond acceptors (Lipinski definition) is 2. The third kappa shape index (κ3) is 5.42. The molecule has 0 unspecified atom stereocenters. The Morgan fingerprint density at radius 3 is 2.64 bits per heavy atom. The minimum Gasteiger partial charge on any atom is -0.216 e. The van der Waals surface area contributed by atoms with Crippen molar-refractivity contribution in [3.05, 3.63) is 89.1 Å². The summed E-state index contributed by atoms with van der Waals surface area (Å²) in [4.78, 5) is 0. The van der Waals surface area contributed by atoms with Crippen molar-refractivity contribution in [1.29, 1.82) is 5.26 Å². The van der Waals surface area contributed by atoms with Crippen LogP contribution in [0.2, 0.25) is 0 Å². The lowest BCUT2D eigenvalue weighted by molar-refractivity contribution is -0.837. The van der Waals surface area contributed by atoms with Crippen molar-refractivity contribution in [2.75, 3.05) is 0 Å². The molecule has 3 heteroatoms. The number of nitrogens with zero attached hydrogens (tertiary/aromatic N) is 1. The number of benzene rings is 2. The molecule has 3 N–H and O–H groups in total. The van der Waals surface area contributed by atoms with Gasteiger partial charge in [0.2, 0.25) is 0 Å². The summed E-state index contributed by atoms with van der Waals surface area (Å²) < 4.78 is 0. The van der Waals surface area contributed by atoms with E-state index in [4.69, 9.17) is 5.21 Å². The van der Waals surface area contributed by atoms with E-state index in [-0.39, 0.29) is 0 Å². The van der Waals surface area contributed by atoms with Crippen molar-refractivity contribution < 1.29 is 10.7 Å². The first-order valence-corrected chi connectivity index (χ1v) is 8.70. The van der Waals surface area contributed by atoms with Gasteiger partial charge in [-0.3, -0.25) is 0 Å². The fourth-order valence-electron chi connectivity index (χ4n) is 2.93. The lowest BCUT2D eigenvalue weighted by Crippen LogP contribution is -2.73. The van der Waals surface area contributed by atoms with Crippen LogP contribution >= 0.6 is 0 Å². The Balaban J connectivity index is 1.98. The van der Waals surface area contributed by atoms with Crippen LogP contribution in [0.5, 0.6) is 0 Å². The number of nitrogens with two attached hydrogens (primary N) is 1. The van der Waals surface area contributed by atoms with Crippen molar-refractivity contribution in [2.45, 2.75) is 32.6 Å².